The number of aromatic nitrogens is 4. The van der Waals surface area contributed by atoms with Crippen molar-refractivity contribution in [3.05, 3.63) is 18.0 Å². The Morgan fingerprint density at radius 3 is 2.70 bits per heavy atom. The molecule has 7 heteroatoms. The summed E-state index contributed by atoms with van der Waals surface area (Å²) in [6.07, 6.45) is 2.08. The molecule has 0 bridgehead atoms. The third-order valence-electron chi connectivity index (χ3n) is 3.44. The molecule has 106 valence electrons. The van der Waals surface area contributed by atoms with Crippen LogP contribution in [0.4, 0.5) is 5.82 Å². The highest BCUT2D eigenvalue weighted by atomic mass is 16.5. The minimum absolute atomic E-state index is 0.190. The molecule has 0 aromatic carbocycles. The van der Waals surface area contributed by atoms with Crippen LogP contribution in [0.3, 0.4) is 0 Å². The van der Waals surface area contributed by atoms with Crippen LogP contribution in [0.5, 0.6) is 0 Å². The van der Waals surface area contributed by atoms with E-state index in [2.05, 4.69) is 25.2 Å². The van der Waals surface area contributed by atoms with E-state index in [1.807, 2.05) is 19.1 Å². The average Bonchev–Trinajstić information content (AvgIpc) is 2.97. The SMILES string of the molecule is CCc1noc(-c2ccc(N3CCC(O)CC3)nn2)n1. The van der Waals surface area contributed by atoms with Gasteiger partial charge in [0.1, 0.15) is 0 Å². The molecule has 2 aromatic heterocycles. The van der Waals surface area contributed by atoms with Crippen LogP contribution in [0, 0.1) is 0 Å². The molecule has 7 nitrogen and oxygen atoms in total. The molecule has 0 spiro atoms. The lowest BCUT2D eigenvalue weighted by Gasteiger charge is -2.29. The summed E-state index contributed by atoms with van der Waals surface area (Å²) in [4.78, 5) is 6.34. The van der Waals surface area contributed by atoms with E-state index in [0.29, 0.717) is 17.4 Å². The smallest absolute Gasteiger partial charge is 0.278 e. The lowest BCUT2D eigenvalue weighted by Crippen LogP contribution is -2.36. The molecule has 1 aliphatic heterocycles. The van der Waals surface area contributed by atoms with E-state index in [1.54, 1.807) is 0 Å². The van der Waals surface area contributed by atoms with Gasteiger partial charge >= 0.3 is 0 Å². The maximum absolute atomic E-state index is 9.50. The first kappa shape index (κ1) is 13.0. The monoisotopic (exact) mass is 275 g/mol. The van der Waals surface area contributed by atoms with Crippen molar-refractivity contribution in [1.29, 1.82) is 0 Å². The summed E-state index contributed by atoms with van der Waals surface area (Å²) >= 11 is 0. The van der Waals surface area contributed by atoms with Gasteiger partial charge in [-0.2, -0.15) is 4.98 Å². The van der Waals surface area contributed by atoms with E-state index in [1.165, 1.54) is 0 Å². The van der Waals surface area contributed by atoms with Crippen molar-refractivity contribution >= 4 is 5.82 Å². The minimum Gasteiger partial charge on any atom is -0.393 e. The lowest BCUT2D eigenvalue weighted by molar-refractivity contribution is 0.145. The molecule has 0 atom stereocenters. The van der Waals surface area contributed by atoms with Crippen LogP contribution >= 0.6 is 0 Å². The fraction of sp³-hybridized carbons (Fsp3) is 0.538. The second kappa shape index (κ2) is 5.54. The molecule has 1 saturated heterocycles. The fourth-order valence-electron chi connectivity index (χ4n) is 2.20. The quantitative estimate of drug-likeness (QED) is 0.895. The molecule has 1 N–H and O–H groups in total. The number of piperidine rings is 1. The highest BCUT2D eigenvalue weighted by Gasteiger charge is 2.19. The lowest BCUT2D eigenvalue weighted by atomic mass is 10.1. The van der Waals surface area contributed by atoms with E-state index in [0.717, 1.165) is 38.2 Å². The van der Waals surface area contributed by atoms with Gasteiger partial charge in [0.05, 0.1) is 6.10 Å². The number of aliphatic hydroxyl groups is 1. The molecule has 1 aliphatic rings. The first-order chi connectivity index (χ1) is 9.76. The van der Waals surface area contributed by atoms with Crippen molar-refractivity contribution in [1.82, 2.24) is 20.3 Å². The predicted molar refractivity (Wildman–Crippen MR) is 72.2 cm³/mol. The Labute approximate surface area is 116 Å². The van der Waals surface area contributed by atoms with Crippen LogP contribution in [0.15, 0.2) is 16.7 Å². The van der Waals surface area contributed by atoms with Crippen molar-refractivity contribution in [2.45, 2.75) is 32.3 Å². The van der Waals surface area contributed by atoms with Gasteiger partial charge in [0, 0.05) is 19.5 Å². The normalized spacial score (nSPS) is 16.6. The molecular formula is C13H17N5O2. The molecule has 0 radical (unpaired) electrons. The van der Waals surface area contributed by atoms with Crippen LogP contribution in [-0.2, 0) is 6.42 Å². The van der Waals surface area contributed by atoms with Gasteiger partial charge in [-0.1, -0.05) is 12.1 Å². The van der Waals surface area contributed by atoms with Gasteiger partial charge in [-0.15, -0.1) is 10.2 Å². The summed E-state index contributed by atoms with van der Waals surface area (Å²) < 4.78 is 5.13. The summed E-state index contributed by atoms with van der Waals surface area (Å²) in [7, 11) is 0. The Kier molecular flexibility index (Phi) is 3.60. The van der Waals surface area contributed by atoms with E-state index < -0.39 is 0 Å². The molecular weight excluding hydrogens is 258 g/mol. The molecule has 0 aliphatic carbocycles. The van der Waals surface area contributed by atoms with Crippen molar-refractivity contribution in [2.24, 2.45) is 0 Å². The zero-order chi connectivity index (χ0) is 13.9. The summed E-state index contributed by atoms with van der Waals surface area (Å²) in [6, 6.07) is 3.73. The first-order valence-corrected chi connectivity index (χ1v) is 6.86. The average molecular weight is 275 g/mol. The number of rotatable bonds is 3. The molecule has 0 saturated carbocycles. The molecule has 0 amide bonds. The second-order valence-corrected chi connectivity index (χ2v) is 4.86. The molecule has 20 heavy (non-hydrogen) atoms. The van der Waals surface area contributed by atoms with Gasteiger partial charge in [-0.05, 0) is 25.0 Å². The van der Waals surface area contributed by atoms with Gasteiger partial charge in [-0.25, -0.2) is 0 Å². The van der Waals surface area contributed by atoms with E-state index >= 15 is 0 Å². The standard InChI is InChI=1S/C13H17N5O2/c1-2-11-14-13(20-17-11)10-3-4-12(16-15-10)18-7-5-9(19)6-8-18/h3-4,9,19H,2,5-8H2,1H3. The number of aryl methyl sites for hydroxylation is 1. The molecule has 1 fully saturated rings. The third kappa shape index (κ3) is 2.62. The number of nitrogens with zero attached hydrogens (tertiary/aromatic N) is 5. The van der Waals surface area contributed by atoms with E-state index in [-0.39, 0.29) is 6.10 Å². The summed E-state index contributed by atoms with van der Waals surface area (Å²) in [5, 5.41) is 21.7. The van der Waals surface area contributed by atoms with Gasteiger partial charge in [-0.3, -0.25) is 0 Å². The van der Waals surface area contributed by atoms with Gasteiger partial charge in [0.2, 0.25) is 0 Å². The van der Waals surface area contributed by atoms with E-state index in [9.17, 15) is 5.11 Å². The van der Waals surface area contributed by atoms with Crippen LogP contribution in [0.2, 0.25) is 0 Å². The van der Waals surface area contributed by atoms with Gasteiger partial charge < -0.3 is 14.5 Å². The van der Waals surface area contributed by atoms with E-state index in [4.69, 9.17) is 4.52 Å². The van der Waals surface area contributed by atoms with Crippen LogP contribution in [0.25, 0.3) is 11.6 Å². The van der Waals surface area contributed by atoms with Gasteiger partial charge in [0.25, 0.3) is 5.89 Å². The number of anilines is 1. The highest BCUT2D eigenvalue weighted by Crippen LogP contribution is 2.20. The fourth-order valence-corrected chi connectivity index (χ4v) is 2.20. The Balaban J connectivity index is 1.74. The topological polar surface area (TPSA) is 88.2 Å². The zero-order valence-corrected chi connectivity index (χ0v) is 11.4. The Bertz CT molecular complexity index is 560. The van der Waals surface area contributed by atoms with Gasteiger partial charge in [0.15, 0.2) is 17.3 Å². The third-order valence-corrected chi connectivity index (χ3v) is 3.44. The Hall–Kier alpha value is -2.02. The van der Waals surface area contributed by atoms with Crippen molar-refractivity contribution in [3.8, 4) is 11.6 Å². The van der Waals surface area contributed by atoms with Crippen molar-refractivity contribution < 1.29 is 9.63 Å². The summed E-state index contributed by atoms with van der Waals surface area (Å²) in [5.74, 6) is 1.88. The largest absolute Gasteiger partial charge is 0.393 e. The molecule has 3 rings (SSSR count). The van der Waals surface area contributed by atoms with Crippen LogP contribution in [0.1, 0.15) is 25.6 Å². The number of hydrogen-bond donors (Lipinski definition) is 1. The summed E-state index contributed by atoms with van der Waals surface area (Å²) in [5.41, 5.74) is 0.581. The predicted octanol–water partition coefficient (Wildman–Crippen LogP) is 1.05. The molecule has 0 unspecified atom stereocenters. The number of aliphatic hydroxyl groups excluding tert-OH is 1. The highest BCUT2D eigenvalue weighted by molar-refractivity contribution is 5.49. The maximum Gasteiger partial charge on any atom is 0.278 e. The Morgan fingerprint density at radius 2 is 2.10 bits per heavy atom. The van der Waals surface area contributed by atoms with Crippen molar-refractivity contribution in [3.63, 3.8) is 0 Å². The zero-order valence-electron chi connectivity index (χ0n) is 11.4. The minimum atomic E-state index is -0.190. The first-order valence-electron chi connectivity index (χ1n) is 6.86. The van der Waals surface area contributed by atoms with Crippen LogP contribution in [-0.4, -0.2) is 44.6 Å². The maximum atomic E-state index is 9.50. The molecule has 2 aromatic rings. The van der Waals surface area contributed by atoms with Crippen LogP contribution < -0.4 is 4.90 Å². The second-order valence-electron chi connectivity index (χ2n) is 4.86. The molecule has 3 heterocycles. The van der Waals surface area contributed by atoms with Crippen molar-refractivity contribution in [2.75, 3.05) is 18.0 Å². The summed E-state index contributed by atoms with van der Waals surface area (Å²) in [6.45, 7) is 3.57. The Morgan fingerprint density at radius 1 is 1.30 bits per heavy atom. The number of hydrogen-bond acceptors (Lipinski definition) is 7.